The van der Waals surface area contributed by atoms with Gasteiger partial charge in [-0.25, -0.2) is 4.79 Å². The number of nitrogens with zero attached hydrogens (tertiary/aromatic N) is 2. The lowest BCUT2D eigenvalue weighted by atomic mass is 10.2. The zero-order valence-corrected chi connectivity index (χ0v) is 12.6. The van der Waals surface area contributed by atoms with E-state index in [1.807, 2.05) is 0 Å². The lowest BCUT2D eigenvalue weighted by Crippen LogP contribution is -2.46. The topological polar surface area (TPSA) is 96.4 Å². The Labute approximate surface area is 123 Å². The summed E-state index contributed by atoms with van der Waals surface area (Å²) >= 11 is 0. The highest BCUT2D eigenvalue weighted by Crippen LogP contribution is 2.21. The van der Waals surface area contributed by atoms with Crippen molar-refractivity contribution in [1.82, 2.24) is 9.80 Å². The number of carboxylic acids is 1. The fourth-order valence-corrected chi connectivity index (χ4v) is 1.98. The second-order valence-electron chi connectivity index (χ2n) is 5.07. The standard InChI is InChI=1S/C13H22N2O6/c1-14(2)11(16)8-15(6-7-20-3)12(17)9-4-5-10(21-9)13(18)19/h9-10H,4-8H2,1-3H3,(H,18,19)/t9-,10+/m0/s1. The molecule has 2 atom stereocenters. The van der Waals surface area contributed by atoms with Gasteiger partial charge < -0.3 is 24.4 Å². The van der Waals surface area contributed by atoms with Gasteiger partial charge in [0.15, 0.2) is 6.10 Å². The highest BCUT2D eigenvalue weighted by Gasteiger charge is 2.37. The molecule has 8 heteroatoms. The molecule has 8 nitrogen and oxygen atoms in total. The molecule has 0 aromatic carbocycles. The average Bonchev–Trinajstić information content (AvgIpc) is 2.92. The van der Waals surface area contributed by atoms with Crippen LogP contribution in [0.5, 0.6) is 0 Å². The van der Waals surface area contributed by atoms with Crippen molar-refractivity contribution in [3.8, 4) is 0 Å². The molecule has 0 saturated carbocycles. The van der Waals surface area contributed by atoms with Gasteiger partial charge in [-0.15, -0.1) is 0 Å². The third kappa shape index (κ3) is 4.98. The maximum absolute atomic E-state index is 12.4. The van der Waals surface area contributed by atoms with Crippen molar-refractivity contribution in [3.05, 3.63) is 0 Å². The number of rotatable bonds is 7. The van der Waals surface area contributed by atoms with Crippen LogP contribution in [0.3, 0.4) is 0 Å². The Morgan fingerprint density at radius 3 is 2.33 bits per heavy atom. The summed E-state index contributed by atoms with van der Waals surface area (Å²) in [5.41, 5.74) is 0. The molecule has 1 N–H and O–H groups in total. The molecule has 0 aromatic rings. The second-order valence-corrected chi connectivity index (χ2v) is 5.07. The molecule has 2 amide bonds. The minimum Gasteiger partial charge on any atom is -0.479 e. The molecule has 120 valence electrons. The van der Waals surface area contributed by atoms with Crippen LogP contribution in [-0.2, 0) is 23.9 Å². The van der Waals surface area contributed by atoms with Gasteiger partial charge in [0.05, 0.1) is 13.2 Å². The molecule has 0 aromatic heterocycles. The van der Waals surface area contributed by atoms with Gasteiger partial charge in [-0.3, -0.25) is 9.59 Å². The SMILES string of the molecule is COCCN(CC(=O)N(C)C)C(=O)[C@@H]1CC[C@H](C(=O)O)O1. The van der Waals surface area contributed by atoms with E-state index in [9.17, 15) is 14.4 Å². The van der Waals surface area contributed by atoms with Crippen LogP contribution in [0.4, 0.5) is 0 Å². The Morgan fingerprint density at radius 2 is 1.86 bits per heavy atom. The molecule has 1 aliphatic rings. The Hall–Kier alpha value is -1.67. The van der Waals surface area contributed by atoms with E-state index in [0.29, 0.717) is 19.4 Å². The summed E-state index contributed by atoms with van der Waals surface area (Å²) in [5, 5.41) is 8.88. The van der Waals surface area contributed by atoms with E-state index in [-0.39, 0.29) is 24.9 Å². The highest BCUT2D eigenvalue weighted by atomic mass is 16.5. The molecular weight excluding hydrogens is 280 g/mol. The molecule has 0 unspecified atom stereocenters. The van der Waals surface area contributed by atoms with Crippen LogP contribution in [0.2, 0.25) is 0 Å². The first-order valence-corrected chi connectivity index (χ1v) is 6.73. The molecule has 21 heavy (non-hydrogen) atoms. The molecule has 0 aliphatic carbocycles. The average molecular weight is 302 g/mol. The van der Waals surface area contributed by atoms with Crippen LogP contribution < -0.4 is 0 Å². The Morgan fingerprint density at radius 1 is 1.24 bits per heavy atom. The lowest BCUT2D eigenvalue weighted by Gasteiger charge is -2.26. The molecule has 1 fully saturated rings. The zero-order chi connectivity index (χ0) is 16.0. The number of ether oxygens (including phenoxy) is 2. The Bertz CT molecular complexity index is 398. The van der Waals surface area contributed by atoms with Crippen molar-refractivity contribution in [1.29, 1.82) is 0 Å². The largest absolute Gasteiger partial charge is 0.479 e. The summed E-state index contributed by atoms with van der Waals surface area (Å²) in [4.78, 5) is 37.7. The van der Waals surface area contributed by atoms with Crippen LogP contribution in [0.15, 0.2) is 0 Å². The van der Waals surface area contributed by atoms with Crippen molar-refractivity contribution in [2.75, 3.05) is 40.9 Å². The van der Waals surface area contributed by atoms with Crippen molar-refractivity contribution >= 4 is 17.8 Å². The summed E-state index contributed by atoms with van der Waals surface area (Å²) in [6.07, 6.45) is -1.12. The third-order valence-electron chi connectivity index (χ3n) is 3.27. The minimum atomic E-state index is -1.07. The predicted octanol–water partition coefficient (Wildman–Crippen LogP) is -0.818. The molecular formula is C13H22N2O6. The van der Waals surface area contributed by atoms with Gasteiger partial charge in [0, 0.05) is 27.7 Å². The number of hydrogen-bond acceptors (Lipinski definition) is 5. The van der Waals surface area contributed by atoms with Gasteiger partial charge in [0.25, 0.3) is 5.91 Å². The maximum Gasteiger partial charge on any atom is 0.332 e. The number of carbonyl (C=O) groups is 3. The molecule has 1 rings (SSSR count). The fourth-order valence-electron chi connectivity index (χ4n) is 1.98. The van der Waals surface area contributed by atoms with Crippen LogP contribution in [-0.4, -0.2) is 85.8 Å². The first-order valence-electron chi connectivity index (χ1n) is 6.73. The Balaban J connectivity index is 2.67. The minimum absolute atomic E-state index is 0.0766. The predicted molar refractivity (Wildman–Crippen MR) is 72.7 cm³/mol. The van der Waals surface area contributed by atoms with Crippen molar-refractivity contribution < 1.29 is 29.0 Å². The molecule has 0 radical (unpaired) electrons. The maximum atomic E-state index is 12.4. The van der Waals surface area contributed by atoms with E-state index >= 15 is 0 Å². The van der Waals surface area contributed by atoms with Gasteiger partial charge in [-0.1, -0.05) is 0 Å². The zero-order valence-electron chi connectivity index (χ0n) is 12.6. The Kier molecular flexibility index (Phi) is 6.57. The summed E-state index contributed by atoms with van der Waals surface area (Å²) in [6.45, 7) is 0.473. The number of hydrogen-bond donors (Lipinski definition) is 1. The van der Waals surface area contributed by atoms with Crippen LogP contribution in [0.25, 0.3) is 0 Å². The highest BCUT2D eigenvalue weighted by molar-refractivity contribution is 5.87. The first kappa shape index (κ1) is 17.4. The number of amides is 2. The second kappa shape index (κ2) is 7.94. The van der Waals surface area contributed by atoms with E-state index in [1.165, 1.54) is 16.9 Å². The van der Waals surface area contributed by atoms with E-state index in [1.54, 1.807) is 14.1 Å². The number of methoxy groups -OCH3 is 1. The first-order chi connectivity index (χ1) is 9.86. The van der Waals surface area contributed by atoms with Crippen molar-refractivity contribution in [2.24, 2.45) is 0 Å². The molecule has 0 spiro atoms. The summed E-state index contributed by atoms with van der Waals surface area (Å²) < 4.78 is 10.2. The number of carbonyl (C=O) groups excluding carboxylic acids is 2. The number of carboxylic acid groups (broad SMARTS) is 1. The normalized spacial score (nSPS) is 21.1. The number of aliphatic carboxylic acids is 1. The number of likely N-dealkylation sites (N-methyl/N-ethyl adjacent to an activating group) is 1. The van der Waals surface area contributed by atoms with E-state index in [0.717, 1.165) is 0 Å². The monoisotopic (exact) mass is 302 g/mol. The van der Waals surface area contributed by atoms with E-state index in [4.69, 9.17) is 14.6 Å². The summed E-state index contributed by atoms with van der Waals surface area (Å²) in [5.74, 6) is -1.66. The van der Waals surface area contributed by atoms with Crippen LogP contribution >= 0.6 is 0 Å². The van der Waals surface area contributed by atoms with E-state index in [2.05, 4.69) is 0 Å². The van der Waals surface area contributed by atoms with Crippen LogP contribution in [0, 0.1) is 0 Å². The van der Waals surface area contributed by atoms with Gasteiger partial charge >= 0.3 is 5.97 Å². The third-order valence-corrected chi connectivity index (χ3v) is 3.27. The van der Waals surface area contributed by atoms with Gasteiger partial charge in [0.1, 0.15) is 6.10 Å². The fraction of sp³-hybridized carbons (Fsp3) is 0.769. The molecule has 1 heterocycles. The molecule has 0 bridgehead atoms. The van der Waals surface area contributed by atoms with Crippen molar-refractivity contribution in [3.63, 3.8) is 0 Å². The van der Waals surface area contributed by atoms with Gasteiger partial charge in [-0.2, -0.15) is 0 Å². The van der Waals surface area contributed by atoms with Gasteiger partial charge in [-0.05, 0) is 12.8 Å². The smallest absolute Gasteiger partial charge is 0.332 e. The summed E-state index contributed by atoms with van der Waals surface area (Å²) in [7, 11) is 4.71. The lowest BCUT2D eigenvalue weighted by molar-refractivity contribution is -0.156. The quantitative estimate of drug-likeness (QED) is 0.660. The van der Waals surface area contributed by atoms with Gasteiger partial charge in [0.2, 0.25) is 5.91 Å². The summed E-state index contributed by atoms with van der Waals surface area (Å²) in [6, 6.07) is 0. The van der Waals surface area contributed by atoms with Crippen molar-refractivity contribution in [2.45, 2.75) is 25.0 Å². The molecule has 1 aliphatic heterocycles. The molecule has 1 saturated heterocycles. The van der Waals surface area contributed by atoms with Crippen LogP contribution in [0.1, 0.15) is 12.8 Å². The van der Waals surface area contributed by atoms with E-state index < -0.39 is 18.2 Å².